The molecule has 0 aromatic heterocycles. The van der Waals surface area contributed by atoms with E-state index in [9.17, 15) is 0 Å². The van der Waals surface area contributed by atoms with E-state index in [2.05, 4.69) is 109 Å². The average molecular weight is 654 g/mol. The van der Waals surface area contributed by atoms with Crippen LogP contribution in [0.5, 0.6) is 0 Å². The fourth-order valence-corrected chi connectivity index (χ4v) is 35.8. The van der Waals surface area contributed by atoms with Gasteiger partial charge < -0.3 is 0 Å². The summed E-state index contributed by atoms with van der Waals surface area (Å²) in [5, 5.41) is 0. The maximum Gasteiger partial charge on any atom is -0.147 e. The first kappa shape index (κ1) is 30.5. The van der Waals surface area contributed by atoms with Gasteiger partial charge in [0.1, 0.15) is 0 Å². The van der Waals surface area contributed by atoms with Gasteiger partial charge in [0.25, 0.3) is 0 Å². The summed E-state index contributed by atoms with van der Waals surface area (Å²) in [6, 6.07) is 37.7. The van der Waals surface area contributed by atoms with Crippen molar-refractivity contribution in [3.8, 4) is 22.3 Å². The average Bonchev–Trinajstić information content (AvgIpc) is 3.45. The number of benzene rings is 4. The first-order valence-electron chi connectivity index (χ1n) is 14.6. The molecule has 6 rings (SSSR count). The van der Waals surface area contributed by atoms with Crippen LogP contribution in [0, 0.1) is 0 Å². The summed E-state index contributed by atoms with van der Waals surface area (Å²) in [7, 11) is 1.32. The molecule has 0 saturated heterocycles. The summed E-state index contributed by atoms with van der Waals surface area (Å²) >= 11 is -3.58. The molecule has 0 spiro atoms. The van der Waals surface area contributed by atoms with E-state index in [0.717, 1.165) is 0 Å². The van der Waals surface area contributed by atoms with Crippen molar-refractivity contribution in [1.29, 1.82) is 0 Å². The molecule has 0 saturated carbocycles. The van der Waals surface area contributed by atoms with Crippen LogP contribution in [0.1, 0.15) is 75.0 Å². The zero-order valence-electron chi connectivity index (χ0n) is 23.7. The molecule has 4 aromatic rings. The maximum atomic E-state index is 2.91. The second-order valence-electron chi connectivity index (χ2n) is 12.7. The number of hydrogen-bond acceptors (Lipinski definition) is 0. The second kappa shape index (κ2) is 12.2. The molecule has 0 N–H and O–H groups in total. The van der Waals surface area contributed by atoms with Crippen LogP contribution < -0.4 is 0 Å². The molecule has 0 unspecified atom stereocenters. The van der Waals surface area contributed by atoms with Gasteiger partial charge in [-0.1, -0.05) is 0 Å². The molecule has 2 aliphatic rings. The van der Waals surface area contributed by atoms with E-state index in [1.54, 1.807) is 22.3 Å². The molecular formula is C35H43Cl2SiZr. The van der Waals surface area contributed by atoms with E-state index >= 15 is 0 Å². The largest absolute Gasteiger partial charge is 0.147 e. The number of halogens is 2. The van der Waals surface area contributed by atoms with Gasteiger partial charge in [0.05, 0.1) is 0 Å². The van der Waals surface area contributed by atoms with Gasteiger partial charge in [-0.25, -0.2) is 0 Å². The molecule has 0 aliphatic heterocycles. The van der Waals surface area contributed by atoms with E-state index in [1.165, 1.54) is 72.3 Å². The molecule has 0 fully saturated rings. The Morgan fingerprint density at radius 1 is 0.513 bits per heavy atom. The zero-order chi connectivity index (χ0) is 25.5. The van der Waals surface area contributed by atoms with Crippen molar-refractivity contribution in [2.75, 3.05) is 0 Å². The molecular weight excluding hydrogens is 611 g/mol. The number of hydrogen-bond donors (Lipinski definition) is 0. The van der Waals surface area contributed by atoms with Crippen LogP contribution in [-0.4, -0.2) is 7.37 Å². The predicted molar refractivity (Wildman–Crippen MR) is 176 cm³/mol. The van der Waals surface area contributed by atoms with E-state index in [4.69, 9.17) is 0 Å². The summed E-state index contributed by atoms with van der Waals surface area (Å²) in [6.07, 6.45) is 8.30. The van der Waals surface area contributed by atoms with Crippen LogP contribution >= 0.6 is 24.8 Å². The third-order valence-corrected chi connectivity index (χ3v) is 36.8. The molecule has 4 aromatic carbocycles. The van der Waals surface area contributed by atoms with E-state index in [0.29, 0.717) is 7.25 Å². The van der Waals surface area contributed by atoms with Crippen molar-refractivity contribution in [1.82, 2.24) is 0 Å². The Kier molecular flexibility index (Phi) is 9.55. The first-order chi connectivity index (χ1) is 18.0. The SMILES string of the molecule is CCCCCCC[CH2][Zr]([CH3])([SiH3])([CH]1c2ccccc2-c2ccccc21)[CH]1c2ccccc2-c2ccccc21.Cl.Cl. The number of rotatable bonds is 9. The van der Waals surface area contributed by atoms with Gasteiger partial charge in [-0.05, 0) is 0 Å². The molecule has 205 valence electrons. The van der Waals surface area contributed by atoms with Crippen molar-refractivity contribution in [2.24, 2.45) is 0 Å². The minimum atomic E-state index is -3.58. The second-order valence-corrected chi connectivity index (χ2v) is 48.1. The van der Waals surface area contributed by atoms with Crippen molar-refractivity contribution in [3.05, 3.63) is 119 Å². The number of fused-ring (bicyclic) bond motifs is 6. The van der Waals surface area contributed by atoms with E-state index in [-0.39, 0.29) is 24.8 Å². The molecule has 0 bridgehead atoms. The Morgan fingerprint density at radius 2 is 0.821 bits per heavy atom. The van der Waals surface area contributed by atoms with Gasteiger partial charge >= 0.3 is 228 Å². The number of unbranched alkanes of at least 4 members (excludes halogenated alkanes) is 5. The molecule has 0 nitrogen and oxygen atoms in total. The molecule has 2 aliphatic carbocycles. The molecule has 0 heterocycles. The molecule has 0 atom stereocenters. The molecule has 0 radical (unpaired) electrons. The first-order valence-corrected chi connectivity index (χ1v) is 30.0. The van der Waals surface area contributed by atoms with Gasteiger partial charge in [-0.15, -0.1) is 24.8 Å². The fourth-order valence-electron chi connectivity index (χ4n) is 8.27. The van der Waals surface area contributed by atoms with Gasteiger partial charge in [0.15, 0.2) is 0 Å². The minimum Gasteiger partial charge on any atom is -0.147 e. The Bertz CT molecular complexity index is 1260. The van der Waals surface area contributed by atoms with Gasteiger partial charge in [-0.2, -0.15) is 0 Å². The fraction of sp³-hybridized carbons (Fsp3) is 0.314. The van der Waals surface area contributed by atoms with E-state index in [1.807, 2.05) is 0 Å². The zero-order valence-corrected chi connectivity index (χ0v) is 29.7. The summed E-state index contributed by atoms with van der Waals surface area (Å²) in [6.45, 7) is 2.32. The normalized spacial score (nSPS) is 14.8. The topological polar surface area (TPSA) is 0 Å². The summed E-state index contributed by atoms with van der Waals surface area (Å²) < 4.78 is 5.60. The van der Waals surface area contributed by atoms with Gasteiger partial charge in [0.2, 0.25) is 0 Å². The molecule has 39 heavy (non-hydrogen) atoms. The monoisotopic (exact) mass is 651 g/mol. The van der Waals surface area contributed by atoms with Crippen LogP contribution in [0.3, 0.4) is 0 Å². The standard InChI is InChI=1S/2C13H9.C8H17.CH3.2ClH.H3Si.Zr/c2*1-3-7-12-10(5-1)9-11-6-2-4-8-13(11)12;1-3-5-7-8-6-4-2;;;;;/h2*1-9H;1,3-8H2,2H3;1H3;2*1H;1H3;. The third kappa shape index (κ3) is 5.10. The predicted octanol–water partition coefficient (Wildman–Crippen LogP) is 10.2. The quantitative estimate of drug-likeness (QED) is 0.125. The van der Waals surface area contributed by atoms with Gasteiger partial charge in [-0.3, -0.25) is 0 Å². The van der Waals surface area contributed by atoms with Crippen LogP contribution in [0.4, 0.5) is 0 Å². The molecule has 4 heteroatoms. The smallest absolute Gasteiger partial charge is 0.147 e. The summed E-state index contributed by atoms with van der Waals surface area (Å²) in [5.74, 6) is 0. The van der Waals surface area contributed by atoms with Crippen LogP contribution in [0.15, 0.2) is 97.1 Å². The van der Waals surface area contributed by atoms with Crippen molar-refractivity contribution >= 4 is 32.2 Å². The third-order valence-electron chi connectivity index (χ3n) is 9.88. The Morgan fingerprint density at radius 3 is 1.18 bits per heavy atom. The maximum absolute atomic E-state index is 3.58. The van der Waals surface area contributed by atoms with Crippen LogP contribution in [0.25, 0.3) is 22.3 Å². The van der Waals surface area contributed by atoms with Crippen molar-refractivity contribution in [2.45, 2.75) is 61.5 Å². The van der Waals surface area contributed by atoms with Crippen LogP contribution in [0.2, 0.25) is 8.76 Å². The van der Waals surface area contributed by atoms with Crippen molar-refractivity contribution in [3.63, 3.8) is 0 Å². The van der Waals surface area contributed by atoms with Crippen molar-refractivity contribution < 1.29 is 17.9 Å². The summed E-state index contributed by atoms with van der Waals surface area (Å²) in [5.41, 5.74) is 12.6. The minimum absolute atomic E-state index is 0. The van der Waals surface area contributed by atoms with E-state index < -0.39 is 17.9 Å². The summed E-state index contributed by atoms with van der Waals surface area (Å²) in [4.78, 5) is 0. The Hall–Kier alpha value is -1.44. The van der Waals surface area contributed by atoms with Crippen LogP contribution in [-0.2, 0) is 17.9 Å². The Labute approximate surface area is 251 Å². The van der Waals surface area contributed by atoms with Gasteiger partial charge in [0, 0.05) is 0 Å². The molecule has 0 amide bonds. The Balaban J connectivity index is 0.00000176.